The number of halogens is 1. The van der Waals surface area contributed by atoms with E-state index in [-0.39, 0.29) is 12.4 Å². The third kappa shape index (κ3) is 2.56. The van der Waals surface area contributed by atoms with Crippen LogP contribution in [0.4, 0.5) is 10.1 Å². The van der Waals surface area contributed by atoms with Crippen LogP contribution in [-0.4, -0.2) is 24.8 Å². The molecule has 0 bridgehead atoms. The topological polar surface area (TPSA) is 47.3 Å². The van der Waals surface area contributed by atoms with E-state index in [0.29, 0.717) is 11.5 Å². The van der Waals surface area contributed by atoms with Gasteiger partial charge in [0.05, 0.1) is 11.3 Å². The van der Waals surface area contributed by atoms with Gasteiger partial charge in [-0.1, -0.05) is 0 Å². The van der Waals surface area contributed by atoms with Crippen LogP contribution in [-0.2, 0) is 0 Å². The van der Waals surface area contributed by atoms with Crippen LogP contribution >= 0.6 is 0 Å². The molecule has 1 N–H and O–H groups in total. The molecule has 0 amide bonds. The van der Waals surface area contributed by atoms with Crippen LogP contribution in [0.1, 0.15) is 18.4 Å². The number of hydrogen-bond donors (Lipinski definition) is 1. The molecule has 4 heteroatoms. The molecular weight excluding hydrogens is 219 g/mol. The fraction of sp³-hybridized carbons (Fsp3) is 0.462. The van der Waals surface area contributed by atoms with Gasteiger partial charge in [-0.15, -0.1) is 0 Å². The van der Waals surface area contributed by atoms with Gasteiger partial charge in [0, 0.05) is 19.7 Å². The number of nitriles is 1. The molecule has 1 aliphatic rings. The van der Waals surface area contributed by atoms with Crippen molar-refractivity contribution >= 4 is 5.69 Å². The van der Waals surface area contributed by atoms with Gasteiger partial charge in [0.2, 0.25) is 0 Å². The van der Waals surface area contributed by atoms with Crippen molar-refractivity contribution in [2.45, 2.75) is 12.8 Å². The maximum atomic E-state index is 13.0. The zero-order chi connectivity index (χ0) is 12.3. The van der Waals surface area contributed by atoms with Crippen LogP contribution in [0.5, 0.6) is 0 Å². The smallest absolute Gasteiger partial charge is 0.124 e. The normalized spacial score (nSPS) is 19.4. The van der Waals surface area contributed by atoms with E-state index < -0.39 is 0 Å². The lowest BCUT2D eigenvalue weighted by Crippen LogP contribution is -2.21. The lowest BCUT2D eigenvalue weighted by atomic mass is 10.1. The maximum Gasteiger partial charge on any atom is 0.124 e. The van der Waals surface area contributed by atoms with Crippen LogP contribution in [0.15, 0.2) is 18.2 Å². The van der Waals surface area contributed by atoms with E-state index >= 15 is 0 Å². The van der Waals surface area contributed by atoms with E-state index in [1.807, 2.05) is 6.07 Å². The summed E-state index contributed by atoms with van der Waals surface area (Å²) in [6.07, 6.45) is 1.81. The second-order valence-electron chi connectivity index (χ2n) is 4.39. The lowest BCUT2D eigenvalue weighted by molar-refractivity contribution is 0.263. The van der Waals surface area contributed by atoms with Gasteiger partial charge < -0.3 is 10.0 Å². The number of anilines is 1. The Hall–Kier alpha value is -1.60. The summed E-state index contributed by atoms with van der Waals surface area (Å²) in [6, 6.07) is 6.35. The first-order valence-electron chi connectivity index (χ1n) is 5.80. The van der Waals surface area contributed by atoms with E-state index in [9.17, 15) is 4.39 Å². The van der Waals surface area contributed by atoms with Gasteiger partial charge in [-0.3, -0.25) is 0 Å². The average molecular weight is 234 g/mol. The molecule has 17 heavy (non-hydrogen) atoms. The minimum absolute atomic E-state index is 0.201. The standard InChI is InChI=1S/C13H15FN2O/c14-12-1-2-13(11(7-12)8-15)16-5-3-10(9-16)4-6-17/h1-2,7,10,17H,3-6,9H2. The van der Waals surface area contributed by atoms with E-state index in [1.165, 1.54) is 12.1 Å². The molecular formula is C13H15FN2O. The fourth-order valence-corrected chi connectivity index (χ4v) is 2.34. The highest BCUT2D eigenvalue weighted by atomic mass is 19.1. The number of hydrogen-bond acceptors (Lipinski definition) is 3. The van der Waals surface area contributed by atoms with Gasteiger partial charge >= 0.3 is 0 Å². The summed E-state index contributed by atoms with van der Waals surface area (Å²) in [7, 11) is 0. The van der Waals surface area contributed by atoms with Gasteiger partial charge in [0.1, 0.15) is 11.9 Å². The van der Waals surface area contributed by atoms with Gasteiger partial charge in [-0.05, 0) is 37.0 Å². The zero-order valence-electron chi connectivity index (χ0n) is 9.56. The monoisotopic (exact) mass is 234 g/mol. The molecule has 0 aromatic heterocycles. The predicted octanol–water partition coefficient (Wildman–Crippen LogP) is 1.91. The summed E-state index contributed by atoms with van der Waals surface area (Å²) < 4.78 is 13.0. The summed E-state index contributed by atoms with van der Waals surface area (Å²) in [5.74, 6) is 0.0907. The summed E-state index contributed by atoms with van der Waals surface area (Å²) in [5.41, 5.74) is 1.18. The third-order valence-electron chi connectivity index (χ3n) is 3.24. The molecule has 1 aromatic carbocycles. The maximum absolute atomic E-state index is 13.0. The van der Waals surface area contributed by atoms with Crippen molar-refractivity contribution in [1.82, 2.24) is 0 Å². The van der Waals surface area contributed by atoms with Crippen LogP contribution < -0.4 is 4.90 Å². The van der Waals surface area contributed by atoms with E-state index in [2.05, 4.69) is 4.90 Å². The molecule has 1 aliphatic heterocycles. The Morgan fingerprint density at radius 2 is 2.35 bits per heavy atom. The number of aliphatic hydroxyl groups excluding tert-OH is 1. The Morgan fingerprint density at radius 3 is 3.06 bits per heavy atom. The van der Waals surface area contributed by atoms with Crippen LogP contribution in [0.3, 0.4) is 0 Å². The minimum atomic E-state index is -0.378. The first-order valence-corrected chi connectivity index (χ1v) is 5.80. The summed E-state index contributed by atoms with van der Waals surface area (Å²) in [4.78, 5) is 2.10. The van der Waals surface area contributed by atoms with Crippen molar-refractivity contribution in [2.75, 3.05) is 24.6 Å². The van der Waals surface area contributed by atoms with Crippen LogP contribution in [0, 0.1) is 23.1 Å². The number of aliphatic hydroxyl groups is 1. The third-order valence-corrected chi connectivity index (χ3v) is 3.24. The highest BCUT2D eigenvalue weighted by molar-refractivity contribution is 5.59. The highest BCUT2D eigenvalue weighted by Gasteiger charge is 2.23. The summed E-state index contributed by atoms with van der Waals surface area (Å²) in [6.45, 7) is 1.90. The van der Waals surface area contributed by atoms with E-state index in [0.717, 1.165) is 31.6 Å². The second kappa shape index (κ2) is 5.15. The van der Waals surface area contributed by atoms with Crippen LogP contribution in [0.2, 0.25) is 0 Å². The van der Waals surface area contributed by atoms with Gasteiger partial charge in [0.15, 0.2) is 0 Å². The molecule has 3 nitrogen and oxygen atoms in total. The number of rotatable bonds is 3. The van der Waals surface area contributed by atoms with Crippen LogP contribution in [0.25, 0.3) is 0 Å². The Morgan fingerprint density at radius 1 is 1.53 bits per heavy atom. The molecule has 1 saturated heterocycles. The van der Waals surface area contributed by atoms with Crippen molar-refractivity contribution in [2.24, 2.45) is 5.92 Å². The predicted molar refractivity (Wildman–Crippen MR) is 63.1 cm³/mol. The van der Waals surface area contributed by atoms with Gasteiger partial charge in [0.25, 0.3) is 0 Å². The molecule has 0 saturated carbocycles. The van der Waals surface area contributed by atoms with Crippen molar-refractivity contribution in [3.05, 3.63) is 29.6 Å². The Labute approximate surface area is 100 Å². The molecule has 1 aromatic rings. The van der Waals surface area contributed by atoms with E-state index in [1.54, 1.807) is 6.07 Å². The van der Waals surface area contributed by atoms with Gasteiger partial charge in [-0.2, -0.15) is 5.26 Å². The van der Waals surface area contributed by atoms with Crippen molar-refractivity contribution in [3.63, 3.8) is 0 Å². The molecule has 1 fully saturated rings. The second-order valence-corrected chi connectivity index (χ2v) is 4.39. The largest absolute Gasteiger partial charge is 0.396 e. The highest BCUT2D eigenvalue weighted by Crippen LogP contribution is 2.28. The first kappa shape index (κ1) is 11.9. The number of benzene rings is 1. The molecule has 1 heterocycles. The average Bonchev–Trinajstić information content (AvgIpc) is 2.78. The van der Waals surface area contributed by atoms with Crippen molar-refractivity contribution < 1.29 is 9.50 Å². The Balaban J connectivity index is 2.16. The van der Waals surface area contributed by atoms with Gasteiger partial charge in [-0.25, -0.2) is 4.39 Å². The van der Waals surface area contributed by atoms with Crippen molar-refractivity contribution in [3.8, 4) is 6.07 Å². The summed E-state index contributed by atoms with van der Waals surface area (Å²) in [5, 5.41) is 17.9. The van der Waals surface area contributed by atoms with E-state index in [4.69, 9.17) is 10.4 Å². The Kier molecular flexibility index (Phi) is 3.60. The van der Waals surface area contributed by atoms with Crippen molar-refractivity contribution in [1.29, 1.82) is 5.26 Å². The minimum Gasteiger partial charge on any atom is -0.396 e. The first-order chi connectivity index (χ1) is 8.24. The summed E-state index contributed by atoms with van der Waals surface area (Å²) >= 11 is 0. The molecule has 0 aliphatic carbocycles. The molecule has 1 atom stereocenters. The molecule has 2 rings (SSSR count). The number of nitrogens with zero attached hydrogens (tertiary/aromatic N) is 2. The zero-order valence-corrected chi connectivity index (χ0v) is 9.56. The molecule has 0 spiro atoms. The molecule has 0 radical (unpaired) electrons. The fourth-order valence-electron chi connectivity index (χ4n) is 2.34. The quantitative estimate of drug-likeness (QED) is 0.869. The molecule has 1 unspecified atom stereocenters. The SMILES string of the molecule is N#Cc1cc(F)ccc1N1CCC(CCO)C1. The lowest BCUT2D eigenvalue weighted by Gasteiger charge is -2.19. The Bertz CT molecular complexity index is 442. The molecule has 90 valence electrons.